The summed E-state index contributed by atoms with van der Waals surface area (Å²) in [5, 5.41) is 9.52. The van der Waals surface area contributed by atoms with Crippen molar-refractivity contribution < 1.29 is 4.79 Å². The van der Waals surface area contributed by atoms with Gasteiger partial charge >= 0.3 is 0 Å². The van der Waals surface area contributed by atoms with Gasteiger partial charge in [0, 0.05) is 12.1 Å². The number of anilines is 1. The molecule has 1 atom stereocenters. The molecule has 0 aromatic carbocycles. The van der Waals surface area contributed by atoms with E-state index in [2.05, 4.69) is 15.5 Å². The molecule has 0 radical (unpaired) electrons. The number of amides is 1. The first-order valence-corrected chi connectivity index (χ1v) is 5.63. The van der Waals surface area contributed by atoms with Gasteiger partial charge in [0.15, 0.2) is 0 Å². The lowest BCUT2D eigenvalue weighted by molar-refractivity contribution is -0.120. The van der Waals surface area contributed by atoms with Gasteiger partial charge in [0.25, 0.3) is 0 Å². The number of nitrogens with one attached hydrogen (secondary N) is 2. The van der Waals surface area contributed by atoms with Crippen molar-refractivity contribution in [2.45, 2.75) is 27.2 Å². The van der Waals surface area contributed by atoms with Crippen LogP contribution in [0.2, 0.25) is 0 Å². The Hall–Kier alpha value is -1.36. The highest BCUT2D eigenvalue weighted by atomic mass is 16.2. The molecule has 5 heteroatoms. The number of aryl methyl sites for hydroxylation is 1. The number of rotatable bonds is 5. The maximum atomic E-state index is 11.9. The Bertz CT molecular complexity index is 346. The summed E-state index contributed by atoms with van der Waals surface area (Å²) >= 11 is 0. The van der Waals surface area contributed by atoms with Gasteiger partial charge < -0.3 is 11.1 Å². The summed E-state index contributed by atoms with van der Waals surface area (Å²) in [4.78, 5) is 11.9. The lowest BCUT2D eigenvalue weighted by Crippen LogP contribution is -2.33. The number of nitrogens with two attached hydrogens (primary N) is 1. The smallest absolute Gasteiger partial charge is 0.230 e. The predicted octanol–water partition coefficient (Wildman–Crippen LogP) is 1.14. The third kappa shape index (κ3) is 2.82. The molecule has 4 N–H and O–H groups in total. The number of aromatic amines is 1. The van der Waals surface area contributed by atoms with Crippen LogP contribution in [-0.2, 0) is 11.2 Å². The molecule has 16 heavy (non-hydrogen) atoms. The van der Waals surface area contributed by atoms with Gasteiger partial charge in [-0.2, -0.15) is 5.10 Å². The molecule has 0 spiro atoms. The molecular weight excluding hydrogens is 204 g/mol. The second-order valence-electron chi connectivity index (χ2n) is 4.20. The van der Waals surface area contributed by atoms with Crippen LogP contribution in [0, 0.1) is 11.8 Å². The highest BCUT2D eigenvalue weighted by Gasteiger charge is 2.21. The fourth-order valence-corrected chi connectivity index (χ4v) is 1.59. The third-order valence-electron chi connectivity index (χ3n) is 2.74. The molecule has 0 fully saturated rings. The number of hydrogen-bond acceptors (Lipinski definition) is 3. The van der Waals surface area contributed by atoms with E-state index in [1.807, 2.05) is 20.8 Å². The van der Waals surface area contributed by atoms with Crippen LogP contribution in [-0.4, -0.2) is 22.6 Å². The summed E-state index contributed by atoms with van der Waals surface area (Å²) < 4.78 is 0. The topological polar surface area (TPSA) is 83.8 Å². The Morgan fingerprint density at radius 3 is 2.81 bits per heavy atom. The summed E-state index contributed by atoms with van der Waals surface area (Å²) in [5.74, 6) is 0.717. The number of nitrogens with zero attached hydrogens (tertiary/aromatic N) is 1. The van der Waals surface area contributed by atoms with Crippen molar-refractivity contribution in [3.63, 3.8) is 0 Å². The van der Waals surface area contributed by atoms with Gasteiger partial charge in [0.1, 0.15) is 5.82 Å². The van der Waals surface area contributed by atoms with E-state index in [1.165, 1.54) is 0 Å². The summed E-state index contributed by atoms with van der Waals surface area (Å²) in [7, 11) is 0. The van der Waals surface area contributed by atoms with Gasteiger partial charge in [0.2, 0.25) is 5.91 Å². The van der Waals surface area contributed by atoms with E-state index < -0.39 is 0 Å². The second kappa shape index (κ2) is 5.65. The van der Waals surface area contributed by atoms with Gasteiger partial charge in [-0.25, -0.2) is 0 Å². The zero-order valence-corrected chi connectivity index (χ0v) is 10.1. The Morgan fingerprint density at radius 2 is 2.31 bits per heavy atom. The summed E-state index contributed by atoms with van der Waals surface area (Å²) in [5.41, 5.74) is 6.59. The molecule has 0 aliphatic carbocycles. The van der Waals surface area contributed by atoms with Crippen molar-refractivity contribution >= 4 is 11.7 Å². The molecule has 0 bridgehead atoms. The Kier molecular flexibility index (Phi) is 4.49. The van der Waals surface area contributed by atoms with E-state index in [0.29, 0.717) is 12.4 Å². The van der Waals surface area contributed by atoms with Crippen molar-refractivity contribution in [3.8, 4) is 0 Å². The van der Waals surface area contributed by atoms with E-state index in [9.17, 15) is 4.79 Å². The van der Waals surface area contributed by atoms with Crippen molar-refractivity contribution in [3.05, 3.63) is 11.8 Å². The van der Waals surface area contributed by atoms with Crippen molar-refractivity contribution in [1.82, 2.24) is 10.2 Å². The zero-order valence-electron chi connectivity index (χ0n) is 10.1. The SMILES string of the molecule is CCc1cn[nH]c1NC(=O)C(CN)C(C)C. The molecule has 90 valence electrons. The van der Waals surface area contributed by atoms with E-state index in [4.69, 9.17) is 5.73 Å². The molecule has 0 aliphatic rings. The molecular formula is C11H20N4O. The van der Waals surface area contributed by atoms with Crippen LogP contribution < -0.4 is 11.1 Å². The second-order valence-corrected chi connectivity index (χ2v) is 4.20. The quantitative estimate of drug-likeness (QED) is 0.701. The standard InChI is InChI=1S/C11H20N4O/c1-4-8-6-13-15-10(8)14-11(16)9(5-12)7(2)3/h6-7,9H,4-5,12H2,1-3H3,(H2,13,14,15,16). The van der Waals surface area contributed by atoms with Crippen LogP contribution in [0.25, 0.3) is 0 Å². The lowest BCUT2D eigenvalue weighted by atomic mass is 9.95. The molecule has 1 amide bonds. The fourth-order valence-electron chi connectivity index (χ4n) is 1.59. The number of H-pyrrole nitrogens is 1. The molecule has 5 nitrogen and oxygen atoms in total. The van der Waals surface area contributed by atoms with Crippen LogP contribution in [0.4, 0.5) is 5.82 Å². The average Bonchev–Trinajstić information content (AvgIpc) is 2.65. The molecule has 1 rings (SSSR count). The predicted molar refractivity (Wildman–Crippen MR) is 64.0 cm³/mol. The minimum atomic E-state index is -0.159. The zero-order chi connectivity index (χ0) is 12.1. The van der Waals surface area contributed by atoms with Crippen LogP contribution in [0.3, 0.4) is 0 Å². The number of carbonyl (C=O) groups is 1. The highest BCUT2D eigenvalue weighted by molar-refractivity contribution is 5.92. The molecule has 1 aromatic rings. The van der Waals surface area contributed by atoms with E-state index in [-0.39, 0.29) is 17.7 Å². The Morgan fingerprint density at radius 1 is 1.62 bits per heavy atom. The van der Waals surface area contributed by atoms with E-state index in [1.54, 1.807) is 6.20 Å². The van der Waals surface area contributed by atoms with Gasteiger partial charge in [-0.15, -0.1) is 0 Å². The number of carbonyl (C=O) groups excluding carboxylic acids is 1. The largest absolute Gasteiger partial charge is 0.330 e. The molecule has 1 heterocycles. The maximum absolute atomic E-state index is 11.9. The molecule has 1 unspecified atom stereocenters. The first-order chi connectivity index (χ1) is 7.60. The van der Waals surface area contributed by atoms with Crippen LogP contribution in [0.15, 0.2) is 6.20 Å². The van der Waals surface area contributed by atoms with Crippen molar-refractivity contribution in [1.29, 1.82) is 0 Å². The van der Waals surface area contributed by atoms with E-state index in [0.717, 1.165) is 12.0 Å². The van der Waals surface area contributed by atoms with Gasteiger partial charge in [0.05, 0.1) is 12.1 Å². The first kappa shape index (κ1) is 12.7. The molecule has 0 saturated carbocycles. The third-order valence-corrected chi connectivity index (χ3v) is 2.74. The normalized spacial score (nSPS) is 12.8. The van der Waals surface area contributed by atoms with Crippen LogP contribution in [0.5, 0.6) is 0 Å². The maximum Gasteiger partial charge on any atom is 0.230 e. The summed E-state index contributed by atoms with van der Waals surface area (Å²) in [6, 6.07) is 0. The van der Waals surface area contributed by atoms with Crippen molar-refractivity contribution in [2.24, 2.45) is 17.6 Å². The van der Waals surface area contributed by atoms with Crippen molar-refractivity contribution in [2.75, 3.05) is 11.9 Å². The van der Waals surface area contributed by atoms with Gasteiger partial charge in [-0.05, 0) is 12.3 Å². The average molecular weight is 224 g/mol. The highest BCUT2D eigenvalue weighted by Crippen LogP contribution is 2.15. The summed E-state index contributed by atoms with van der Waals surface area (Å²) in [6.45, 7) is 6.36. The number of hydrogen-bond donors (Lipinski definition) is 3. The lowest BCUT2D eigenvalue weighted by Gasteiger charge is -2.17. The van der Waals surface area contributed by atoms with Crippen LogP contribution in [0.1, 0.15) is 26.3 Å². The fraction of sp³-hybridized carbons (Fsp3) is 0.636. The number of aromatic nitrogens is 2. The molecule has 0 saturated heterocycles. The van der Waals surface area contributed by atoms with Gasteiger partial charge in [-0.1, -0.05) is 20.8 Å². The van der Waals surface area contributed by atoms with Crippen LogP contribution >= 0.6 is 0 Å². The van der Waals surface area contributed by atoms with Gasteiger partial charge in [-0.3, -0.25) is 9.89 Å². The first-order valence-electron chi connectivity index (χ1n) is 5.63. The van der Waals surface area contributed by atoms with E-state index >= 15 is 0 Å². The Labute approximate surface area is 95.8 Å². The molecule has 1 aromatic heterocycles. The minimum absolute atomic E-state index is 0.0450. The monoisotopic (exact) mass is 224 g/mol. The summed E-state index contributed by atoms with van der Waals surface area (Å²) in [6.07, 6.45) is 2.56. The Balaban J connectivity index is 2.70. The minimum Gasteiger partial charge on any atom is -0.330 e. The molecule has 0 aliphatic heterocycles.